The van der Waals surface area contributed by atoms with Gasteiger partial charge in [-0.15, -0.1) is 0 Å². The van der Waals surface area contributed by atoms with Gasteiger partial charge in [-0.1, -0.05) is 64.0 Å². The first kappa shape index (κ1) is 34.6. The Balaban J connectivity index is 3.60. The van der Waals surface area contributed by atoms with Gasteiger partial charge < -0.3 is 18.9 Å². The zero-order valence-corrected chi connectivity index (χ0v) is 23.8. The van der Waals surface area contributed by atoms with E-state index < -0.39 is 0 Å². The lowest BCUT2D eigenvalue weighted by Gasteiger charge is -2.24. The van der Waals surface area contributed by atoms with Crippen LogP contribution in [0.4, 0.5) is 0 Å². The van der Waals surface area contributed by atoms with Crippen LogP contribution in [0.3, 0.4) is 0 Å². The van der Waals surface area contributed by atoms with E-state index in [1.54, 1.807) is 0 Å². The summed E-state index contributed by atoms with van der Waals surface area (Å²) in [4.78, 5) is 25.0. The second-order valence-corrected chi connectivity index (χ2v) is 9.60. The number of hydrogen-bond donors (Lipinski definition) is 0. The Morgan fingerprint density at radius 3 is 2.08 bits per heavy atom. The van der Waals surface area contributed by atoms with Crippen molar-refractivity contribution in [2.75, 3.05) is 47.6 Å². The molecule has 7 nitrogen and oxygen atoms in total. The molecule has 0 aliphatic carbocycles. The van der Waals surface area contributed by atoms with E-state index in [4.69, 9.17) is 14.2 Å². The fourth-order valence-electron chi connectivity index (χ4n) is 3.74. The van der Waals surface area contributed by atoms with Crippen LogP contribution in [0.25, 0.3) is 0 Å². The Morgan fingerprint density at radius 2 is 1.39 bits per heavy atom. The molecule has 0 heterocycles. The number of ether oxygens (including phenoxy) is 4. The maximum atomic E-state index is 11.9. The van der Waals surface area contributed by atoms with Crippen LogP contribution < -0.4 is 0 Å². The standard InChI is InChI=1S/C29H55NO6/c1-5-6-7-8-9-10-11-12-18-25-36-29(32)21-16-14-19-24-35-27(30(2)3)22-26-34-23-17-13-15-20-28(31)33-4/h12,18,27H,5-11,13-17,19-26H2,1-4H3/b18-12-. The summed E-state index contributed by atoms with van der Waals surface area (Å²) in [6, 6.07) is 0. The summed E-state index contributed by atoms with van der Waals surface area (Å²) in [6.45, 7) is 4.65. The summed E-state index contributed by atoms with van der Waals surface area (Å²) < 4.78 is 21.6. The topological polar surface area (TPSA) is 74.3 Å². The van der Waals surface area contributed by atoms with Gasteiger partial charge in [0.05, 0.1) is 13.7 Å². The molecule has 0 saturated carbocycles. The van der Waals surface area contributed by atoms with Crippen molar-refractivity contribution in [2.24, 2.45) is 0 Å². The van der Waals surface area contributed by atoms with Crippen LogP contribution in [0.15, 0.2) is 12.2 Å². The Morgan fingerprint density at radius 1 is 0.750 bits per heavy atom. The Hall–Kier alpha value is -1.44. The lowest BCUT2D eigenvalue weighted by Crippen LogP contribution is -2.32. The van der Waals surface area contributed by atoms with E-state index in [0.29, 0.717) is 39.3 Å². The molecule has 0 bridgehead atoms. The van der Waals surface area contributed by atoms with Gasteiger partial charge in [-0.2, -0.15) is 0 Å². The molecule has 212 valence electrons. The number of hydrogen-bond acceptors (Lipinski definition) is 7. The van der Waals surface area contributed by atoms with Gasteiger partial charge in [0.25, 0.3) is 0 Å². The smallest absolute Gasteiger partial charge is 0.306 e. The van der Waals surface area contributed by atoms with Crippen LogP contribution in [-0.2, 0) is 28.5 Å². The summed E-state index contributed by atoms with van der Waals surface area (Å²) in [5.74, 6) is -0.266. The number of carbonyl (C=O) groups excluding carboxylic acids is 2. The zero-order chi connectivity index (χ0) is 26.7. The van der Waals surface area contributed by atoms with Crippen molar-refractivity contribution >= 4 is 11.9 Å². The van der Waals surface area contributed by atoms with Gasteiger partial charge in [0.15, 0.2) is 0 Å². The minimum atomic E-state index is -0.149. The van der Waals surface area contributed by atoms with Gasteiger partial charge in [-0.25, -0.2) is 0 Å². The third kappa shape index (κ3) is 24.3. The lowest BCUT2D eigenvalue weighted by molar-refractivity contribution is -0.142. The van der Waals surface area contributed by atoms with Crippen molar-refractivity contribution in [3.63, 3.8) is 0 Å². The van der Waals surface area contributed by atoms with E-state index in [2.05, 4.69) is 22.6 Å². The number of rotatable bonds is 26. The van der Waals surface area contributed by atoms with Crippen molar-refractivity contribution in [1.29, 1.82) is 0 Å². The molecule has 0 radical (unpaired) electrons. The van der Waals surface area contributed by atoms with Crippen LogP contribution in [0.2, 0.25) is 0 Å². The molecule has 0 aromatic rings. The second-order valence-electron chi connectivity index (χ2n) is 9.60. The summed E-state index contributed by atoms with van der Waals surface area (Å²) in [6.07, 6.45) is 20.2. The molecule has 0 rings (SSSR count). The van der Waals surface area contributed by atoms with Crippen molar-refractivity contribution < 1.29 is 28.5 Å². The first-order chi connectivity index (χ1) is 17.5. The van der Waals surface area contributed by atoms with Crippen LogP contribution in [0, 0.1) is 0 Å². The molecular formula is C29H55NO6. The summed E-state index contributed by atoms with van der Waals surface area (Å²) in [5, 5.41) is 0. The van der Waals surface area contributed by atoms with Gasteiger partial charge in [0, 0.05) is 32.5 Å². The molecule has 0 saturated heterocycles. The first-order valence-electron chi connectivity index (χ1n) is 14.2. The highest BCUT2D eigenvalue weighted by atomic mass is 16.5. The van der Waals surface area contributed by atoms with E-state index in [1.807, 2.05) is 20.2 Å². The fourth-order valence-corrected chi connectivity index (χ4v) is 3.74. The Labute approximate surface area is 221 Å². The lowest BCUT2D eigenvalue weighted by atomic mass is 10.1. The Kier molecular flexibility index (Phi) is 25.6. The first-order valence-corrected chi connectivity index (χ1v) is 14.2. The molecule has 0 spiro atoms. The number of methoxy groups -OCH3 is 1. The maximum absolute atomic E-state index is 11.9. The molecule has 36 heavy (non-hydrogen) atoms. The van der Waals surface area contributed by atoms with Crippen LogP contribution in [0.5, 0.6) is 0 Å². The minimum Gasteiger partial charge on any atom is -0.469 e. The van der Waals surface area contributed by atoms with Crippen LogP contribution >= 0.6 is 0 Å². The third-order valence-corrected chi connectivity index (χ3v) is 6.05. The summed E-state index contributed by atoms with van der Waals surface area (Å²) >= 11 is 0. The molecular weight excluding hydrogens is 458 g/mol. The zero-order valence-electron chi connectivity index (χ0n) is 23.8. The predicted octanol–water partition coefficient (Wildman–Crippen LogP) is 6.44. The number of unbranched alkanes of at least 4 members (excludes halogenated alkanes) is 10. The monoisotopic (exact) mass is 513 g/mol. The molecule has 1 unspecified atom stereocenters. The van der Waals surface area contributed by atoms with Gasteiger partial charge >= 0.3 is 11.9 Å². The minimum absolute atomic E-state index is 0.0254. The molecule has 0 aliphatic heterocycles. The Bertz CT molecular complexity index is 538. The number of allylic oxidation sites excluding steroid dienone is 1. The van der Waals surface area contributed by atoms with Crippen LogP contribution in [0.1, 0.15) is 110 Å². The summed E-state index contributed by atoms with van der Waals surface area (Å²) in [5.41, 5.74) is 0. The third-order valence-electron chi connectivity index (χ3n) is 6.05. The molecule has 0 aromatic heterocycles. The summed E-state index contributed by atoms with van der Waals surface area (Å²) in [7, 11) is 5.44. The van der Waals surface area contributed by atoms with Gasteiger partial charge in [0.2, 0.25) is 0 Å². The normalized spacial score (nSPS) is 12.4. The quantitative estimate of drug-likeness (QED) is 0.0570. The SMILES string of the molecule is CCCCCCCC/C=C\COC(=O)CCCCCOC(CCOCCCCCC(=O)OC)N(C)C. The fraction of sp³-hybridized carbons (Fsp3) is 0.862. The average molecular weight is 514 g/mol. The van der Waals surface area contributed by atoms with E-state index >= 15 is 0 Å². The molecule has 0 amide bonds. The molecule has 0 N–H and O–H groups in total. The highest BCUT2D eigenvalue weighted by Crippen LogP contribution is 2.09. The predicted molar refractivity (Wildman–Crippen MR) is 146 cm³/mol. The van der Waals surface area contributed by atoms with E-state index in [0.717, 1.165) is 51.4 Å². The van der Waals surface area contributed by atoms with Crippen molar-refractivity contribution in [3.8, 4) is 0 Å². The van der Waals surface area contributed by atoms with E-state index in [-0.39, 0.29) is 18.2 Å². The highest BCUT2D eigenvalue weighted by Gasteiger charge is 2.11. The average Bonchev–Trinajstić information content (AvgIpc) is 2.86. The maximum Gasteiger partial charge on any atom is 0.306 e. The molecule has 0 fully saturated rings. The molecule has 7 heteroatoms. The van der Waals surface area contributed by atoms with Crippen molar-refractivity contribution in [2.45, 2.75) is 116 Å². The molecule has 0 aromatic carbocycles. The van der Waals surface area contributed by atoms with Gasteiger partial charge in [-0.3, -0.25) is 14.5 Å². The van der Waals surface area contributed by atoms with Crippen molar-refractivity contribution in [3.05, 3.63) is 12.2 Å². The molecule has 0 aliphatic rings. The van der Waals surface area contributed by atoms with Crippen LogP contribution in [-0.4, -0.2) is 70.7 Å². The van der Waals surface area contributed by atoms with Crippen molar-refractivity contribution in [1.82, 2.24) is 4.90 Å². The number of esters is 2. The number of nitrogens with zero attached hydrogens (tertiary/aromatic N) is 1. The van der Waals surface area contributed by atoms with Gasteiger partial charge in [0.1, 0.15) is 12.8 Å². The highest BCUT2D eigenvalue weighted by molar-refractivity contribution is 5.69. The largest absolute Gasteiger partial charge is 0.469 e. The second kappa shape index (κ2) is 26.6. The van der Waals surface area contributed by atoms with E-state index in [1.165, 1.54) is 45.6 Å². The van der Waals surface area contributed by atoms with Gasteiger partial charge in [-0.05, 0) is 52.6 Å². The van der Waals surface area contributed by atoms with E-state index in [9.17, 15) is 9.59 Å². The number of carbonyl (C=O) groups is 2. The molecule has 1 atom stereocenters.